The summed E-state index contributed by atoms with van der Waals surface area (Å²) in [5, 5.41) is 0. The highest BCUT2D eigenvalue weighted by molar-refractivity contribution is 5.97. The Morgan fingerprint density at radius 2 is 2.07 bits per heavy atom. The van der Waals surface area contributed by atoms with Crippen molar-refractivity contribution in [2.75, 3.05) is 0 Å². The molecule has 0 unspecified atom stereocenters. The zero-order valence-corrected chi connectivity index (χ0v) is 8.84. The highest BCUT2D eigenvalue weighted by atomic mass is 16.1. The van der Waals surface area contributed by atoms with E-state index >= 15 is 0 Å². The predicted molar refractivity (Wildman–Crippen MR) is 56.1 cm³/mol. The van der Waals surface area contributed by atoms with Gasteiger partial charge in [0.2, 0.25) is 0 Å². The molecule has 2 heteroatoms. The van der Waals surface area contributed by atoms with Crippen LogP contribution in [0.25, 0.3) is 0 Å². The number of allylic oxidation sites excluding steroid dienone is 2. The van der Waals surface area contributed by atoms with E-state index in [4.69, 9.17) is 0 Å². The normalized spacial score (nSPS) is 15.4. The Morgan fingerprint density at radius 3 is 2.64 bits per heavy atom. The molecule has 2 nitrogen and oxygen atoms in total. The van der Waals surface area contributed by atoms with E-state index in [1.165, 1.54) is 0 Å². The Kier molecular flexibility index (Phi) is 4.57. The molecule has 0 aromatic heterocycles. The molecule has 0 radical (unpaired) electrons. The van der Waals surface area contributed by atoms with Crippen LogP contribution in [0.2, 0.25) is 0 Å². The molecule has 0 aromatic carbocycles. The van der Waals surface area contributed by atoms with Crippen molar-refractivity contribution in [1.82, 2.24) is 0 Å². The molecule has 0 heterocycles. The molecule has 1 aliphatic rings. The van der Waals surface area contributed by atoms with Crippen LogP contribution in [0.15, 0.2) is 11.6 Å². The maximum Gasteiger partial charge on any atom is 0.158 e. The van der Waals surface area contributed by atoms with E-state index in [0.29, 0.717) is 19.3 Å². The van der Waals surface area contributed by atoms with Gasteiger partial charge in [-0.2, -0.15) is 0 Å². The minimum atomic E-state index is 0.187. The highest BCUT2D eigenvalue weighted by Crippen LogP contribution is 2.20. The molecular weight excluding hydrogens is 176 g/mol. The fourth-order valence-electron chi connectivity index (χ4n) is 1.74. The lowest BCUT2D eigenvalue weighted by molar-refractivity contribution is -0.122. The Labute approximate surface area is 85.4 Å². The summed E-state index contributed by atoms with van der Waals surface area (Å²) in [6.45, 7) is 1.99. The second-order valence-corrected chi connectivity index (χ2v) is 3.83. The van der Waals surface area contributed by atoms with Crippen LogP contribution >= 0.6 is 0 Å². The van der Waals surface area contributed by atoms with Crippen LogP contribution in [0.5, 0.6) is 0 Å². The first-order valence-corrected chi connectivity index (χ1v) is 5.48. The third-order valence-electron chi connectivity index (χ3n) is 2.56. The number of ketones is 2. The molecule has 0 bridgehead atoms. The van der Waals surface area contributed by atoms with Crippen LogP contribution in [0.4, 0.5) is 0 Å². The molecule has 14 heavy (non-hydrogen) atoms. The van der Waals surface area contributed by atoms with Gasteiger partial charge in [0.15, 0.2) is 5.78 Å². The van der Waals surface area contributed by atoms with Gasteiger partial charge >= 0.3 is 0 Å². The quantitative estimate of drug-likeness (QED) is 0.651. The summed E-state index contributed by atoms with van der Waals surface area (Å²) in [7, 11) is 0. The van der Waals surface area contributed by atoms with Gasteiger partial charge in [0, 0.05) is 19.3 Å². The molecular formula is C12H18O2. The van der Waals surface area contributed by atoms with E-state index in [2.05, 4.69) is 0 Å². The van der Waals surface area contributed by atoms with Gasteiger partial charge in [0.25, 0.3) is 0 Å². The van der Waals surface area contributed by atoms with E-state index in [0.717, 1.165) is 31.3 Å². The number of hydrogen-bond donors (Lipinski definition) is 0. The number of Topliss-reactive ketones (excluding diaryl/α,β-unsaturated/α-hetero) is 2. The Morgan fingerprint density at radius 1 is 1.29 bits per heavy atom. The minimum Gasteiger partial charge on any atom is -0.300 e. The van der Waals surface area contributed by atoms with Gasteiger partial charge in [-0.3, -0.25) is 9.59 Å². The van der Waals surface area contributed by atoms with Gasteiger partial charge in [0.1, 0.15) is 5.78 Å². The summed E-state index contributed by atoms with van der Waals surface area (Å²) in [6.07, 6.45) is 7.43. The third-order valence-corrected chi connectivity index (χ3v) is 2.56. The Hall–Kier alpha value is -0.920. The molecule has 78 valence electrons. The van der Waals surface area contributed by atoms with E-state index in [9.17, 15) is 9.59 Å². The van der Waals surface area contributed by atoms with Crippen molar-refractivity contribution in [3.05, 3.63) is 11.6 Å². The Balaban J connectivity index is 2.24. The Bertz CT molecular complexity index is 251. The van der Waals surface area contributed by atoms with Crippen LogP contribution in [0.1, 0.15) is 51.9 Å². The molecule has 0 amide bonds. The van der Waals surface area contributed by atoms with Crippen LogP contribution in [-0.4, -0.2) is 11.6 Å². The van der Waals surface area contributed by atoms with Gasteiger partial charge in [-0.15, -0.1) is 0 Å². The molecule has 0 atom stereocenters. The minimum absolute atomic E-state index is 0.187. The monoisotopic (exact) mass is 194 g/mol. The van der Waals surface area contributed by atoms with Crippen molar-refractivity contribution in [2.24, 2.45) is 0 Å². The smallest absolute Gasteiger partial charge is 0.158 e. The van der Waals surface area contributed by atoms with E-state index in [1.54, 1.807) is 0 Å². The number of carbonyl (C=O) groups is 2. The lowest BCUT2D eigenvalue weighted by atomic mass is 10.0. The maximum absolute atomic E-state index is 11.5. The average Bonchev–Trinajstić information content (AvgIpc) is 2.67. The van der Waals surface area contributed by atoms with Crippen LogP contribution in [0.3, 0.4) is 0 Å². The molecule has 1 rings (SSSR count). The predicted octanol–water partition coefficient (Wildman–Crippen LogP) is 2.82. The molecule has 0 saturated heterocycles. The summed E-state index contributed by atoms with van der Waals surface area (Å²) in [5.41, 5.74) is 0.953. The SMILES string of the molecule is CCCC(=O)CCC(=O)C1=CCCC1. The lowest BCUT2D eigenvalue weighted by Crippen LogP contribution is -2.05. The summed E-state index contributed by atoms with van der Waals surface area (Å²) in [5.74, 6) is 0.409. The van der Waals surface area contributed by atoms with Crippen LogP contribution in [-0.2, 0) is 9.59 Å². The average molecular weight is 194 g/mol. The topological polar surface area (TPSA) is 34.1 Å². The van der Waals surface area contributed by atoms with Gasteiger partial charge in [-0.25, -0.2) is 0 Å². The largest absolute Gasteiger partial charge is 0.300 e. The van der Waals surface area contributed by atoms with Gasteiger partial charge in [-0.05, 0) is 31.3 Å². The van der Waals surface area contributed by atoms with Crippen molar-refractivity contribution in [3.8, 4) is 0 Å². The zero-order chi connectivity index (χ0) is 10.4. The second-order valence-electron chi connectivity index (χ2n) is 3.83. The summed E-state index contributed by atoms with van der Waals surface area (Å²) in [4.78, 5) is 22.7. The van der Waals surface area contributed by atoms with Crippen molar-refractivity contribution < 1.29 is 9.59 Å². The summed E-state index contributed by atoms with van der Waals surface area (Å²) >= 11 is 0. The van der Waals surface area contributed by atoms with Crippen molar-refractivity contribution in [1.29, 1.82) is 0 Å². The standard InChI is InChI=1S/C12H18O2/c1-2-5-11(13)8-9-12(14)10-6-3-4-7-10/h6H,2-5,7-9H2,1H3. The van der Waals surface area contributed by atoms with Gasteiger partial charge in [0.05, 0.1) is 0 Å². The molecule has 0 spiro atoms. The number of carbonyl (C=O) groups excluding carboxylic acids is 2. The highest BCUT2D eigenvalue weighted by Gasteiger charge is 2.14. The van der Waals surface area contributed by atoms with Gasteiger partial charge in [-0.1, -0.05) is 13.0 Å². The fourth-order valence-corrected chi connectivity index (χ4v) is 1.74. The number of hydrogen-bond acceptors (Lipinski definition) is 2. The van der Waals surface area contributed by atoms with Crippen molar-refractivity contribution in [2.45, 2.75) is 51.9 Å². The maximum atomic E-state index is 11.5. The number of rotatable bonds is 6. The van der Waals surface area contributed by atoms with E-state index in [-0.39, 0.29) is 11.6 Å². The van der Waals surface area contributed by atoms with Crippen LogP contribution in [0, 0.1) is 0 Å². The molecule has 0 N–H and O–H groups in total. The van der Waals surface area contributed by atoms with E-state index < -0.39 is 0 Å². The molecule has 0 aliphatic heterocycles. The molecule has 0 fully saturated rings. The first-order chi connectivity index (χ1) is 6.74. The zero-order valence-electron chi connectivity index (χ0n) is 8.84. The fraction of sp³-hybridized carbons (Fsp3) is 0.667. The van der Waals surface area contributed by atoms with Crippen molar-refractivity contribution in [3.63, 3.8) is 0 Å². The first kappa shape index (κ1) is 11.2. The first-order valence-electron chi connectivity index (χ1n) is 5.48. The van der Waals surface area contributed by atoms with Gasteiger partial charge < -0.3 is 0 Å². The van der Waals surface area contributed by atoms with Crippen LogP contribution < -0.4 is 0 Å². The molecule has 1 aliphatic carbocycles. The second kappa shape index (κ2) is 5.74. The molecule has 0 aromatic rings. The lowest BCUT2D eigenvalue weighted by Gasteiger charge is -2.00. The molecule has 0 saturated carbocycles. The third kappa shape index (κ3) is 3.44. The van der Waals surface area contributed by atoms with E-state index in [1.807, 2.05) is 13.0 Å². The summed E-state index contributed by atoms with van der Waals surface area (Å²) < 4.78 is 0. The van der Waals surface area contributed by atoms with Crippen molar-refractivity contribution >= 4 is 11.6 Å². The summed E-state index contributed by atoms with van der Waals surface area (Å²) in [6, 6.07) is 0.